The Hall–Kier alpha value is -2.10. The van der Waals surface area contributed by atoms with Gasteiger partial charge in [0.15, 0.2) is 11.5 Å². The Morgan fingerprint density at radius 1 is 1.24 bits per heavy atom. The molecule has 0 bridgehead atoms. The first-order valence-corrected chi connectivity index (χ1v) is 9.46. The van der Waals surface area contributed by atoms with Gasteiger partial charge in [0.05, 0.1) is 26.6 Å². The van der Waals surface area contributed by atoms with Crippen molar-refractivity contribution in [2.75, 3.05) is 20.8 Å². The summed E-state index contributed by atoms with van der Waals surface area (Å²) in [5, 5.41) is 4.93. The number of imidazole rings is 1. The van der Waals surface area contributed by atoms with Crippen LogP contribution >= 0.6 is 0 Å². The van der Waals surface area contributed by atoms with Crippen LogP contribution in [0.5, 0.6) is 11.5 Å². The zero-order chi connectivity index (χ0) is 18.3. The highest BCUT2D eigenvalue weighted by Crippen LogP contribution is 2.33. The molecule has 0 saturated carbocycles. The molecule has 138 valence electrons. The van der Waals surface area contributed by atoms with Crippen LogP contribution in [-0.2, 0) is 10.2 Å². The Bertz CT molecular complexity index is 762. The third-order valence-electron chi connectivity index (χ3n) is 3.88. The molecule has 0 amide bonds. The molecular formula is C16H24N4O4S. The summed E-state index contributed by atoms with van der Waals surface area (Å²) in [5.74, 6) is 1.34. The minimum atomic E-state index is -3.63. The van der Waals surface area contributed by atoms with Crippen molar-refractivity contribution < 1.29 is 17.9 Å². The van der Waals surface area contributed by atoms with E-state index in [9.17, 15) is 8.42 Å². The van der Waals surface area contributed by atoms with Gasteiger partial charge in [0, 0.05) is 18.9 Å². The van der Waals surface area contributed by atoms with Gasteiger partial charge in [-0.15, -0.1) is 0 Å². The fourth-order valence-electron chi connectivity index (χ4n) is 2.68. The quantitative estimate of drug-likeness (QED) is 0.617. The van der Waals surface area contributed by atoms with Crippen molar-refractivity contribution >= 4 is 10.2 Å². The number of hydrogen-bond donors (Lipinski definition) is 2. The number of ether oxygens (including phenoxy) is 2. The molecule has 1 atom stereocenters. The molecule has 2 aromatic rings. The molecule has 9 heteroatoms. The Balaban J connectivity index is 2.09. The highest BCUT2D eigenvalue weighted by Gasteiger charge is 2.16. The summed E-state index contributed by atoms with van der Waals surface area (Å²) in [6, 6.07) is 5.89. The van der Waals surface area contributed by atoms with E-state index in [0.29, 0.717) is 24.5 Å². The number of hydrogen-bond acceptors (Lipinski definition) is 5. The lowest BCUT2D eigenvalue weighted by Gasteiger charge is -2.20. The molecule has 25 heavy (non-hydrogen) atoms. The second-order valence-electron chi connectivity index (χ2n) is 5.58. The summed E-state index contributed by atoms with van der Waals surface area (Å²) in [7, 11) is -0.428. The van der Waals surface area contributed by atoms with Crippen molar-refractivity contribution in [1.29, 1.82) is 0 Å². The Morgan fingerprint density at radius 2 is 2.00 bits per heavy atom. The third kappa shape index (κ3) is 5.73. The standard InChI is InChI=1S/C16H24N4O4S/c1-23-15-7-6-13(11-16(15)24-2)14(20-10-9-18-12-20)5-3-4-8-19-25(17,21)22/h6-7,9-12,14,19H,3-5,8H2,1-2H3,(H2,17,21,22). The minimum absolute atomic E-state index is 0.0665. The van der Waals surface area contributed by atoms with Crippen LogP contribution in [-0.4, -0.2) is 38.7 Å². The van der Waals surface area contributed by atoms with E-state index < -0.39 is 10.2 Å². The third-order valence-corrected chi connectivity index (χ3v) is 4.49. The van der Waals surface area contributed by atoms with Crippen molar-refractivity contribution in [3.8, 4) is 11.5 Å². The number of nitrogens with two attached hydrogens (primary N) is 1. The Morgan fingerprint density at radius 3 is 2.60 bits per heavy atom. The first-order valence-electron chi connectivity index (χ1n) is 7.91. The van der Waals surface area contributed by atoms with Crippen LogP contribution in [0.25, 0.3) is 0 Å². The fraction of sp³-hybridized carbons (Fsp3) is 0.438. The molecule has 0 aliphatic rings. The number of nitrogens with zero attached hydrogens (tertiary/aromatic N) is 2. The largest absolute Gasteiger partial charge is 0.493 e. The molecule has 3 N–H and O–H groups in total. The molecule has 2 rings (SSSR count). The van der Waals surface area contributed by atoms with Gasteiger partial charge in [0.25, 0.3) is 10.2 Å². The SMILES string of the molecule is COc1ccc(C(CCCCNS(N)(=O)=O)n2ccnc2)cc1OC. The van der Waals surface area contributed by atoms with Crippen LogP contribution in [0, 0.1) is 0 Å². The lowest BCUT2D eigenvalue weighted by Crippen LogP contribution is -2.31. The van der Waals surface area contributed by atoms with Gasteiger partial charge in [-0.05, 0) is 37.0 Å². The fourth-order valence-corrected chi connectivity index (χ4v) is 3.11. The van der Waals surface area contributed by atoms with Gasteiger partial charge >= 0.3 is 0 Å². The van der Waals surface area contributed by atoms with E-state index in [0.717, 1.165) is 18.4 Å². The summed E-state index contributed by atoms with van der Waals surface area (Å²) >= 11 is 0. The van der Waals surface area contributed by atoms with Crippen LogP contribution in [0.15, 0.2) is 36.9 Å². The van der Waals surface area contributed by atoms with Crippen molar-refractivity contribution in [1.82, 2.24) is 14.3 Å². The van der Waals surface area contributed by atoms with Gasteiger partial charge in [-0.2, -0.15) is 8.42 Å². The molecule has 1 unspecified atom stereocenters. The molecule has 1 aromatic heterocycles. The number of benzene rings is 1. The number of unbranched alkanes of at least 4 members (excludes halogenated alkanes) is 1. The van der Waals surface area contributed by atoms with Crippen LogP contribution in [0.4, 0.5) is 0 Å². The highest BCUT2D eigenvalue weighted by molar-refractivity contribution is 7.87. The van der Waals surface area contributed by atoms with E-state index in [4.69, 9.17) is 14.6 Å². The van der Waals surface area contributed by atoms with Crippen LogP contribution in [0.1, 0.15) is 30.9 Å². The number of aromatic nitrogens is 2. The lowest BCUT2D eigenvalue weighted by atomic mass is 10.00. The lowest BCUT2D eigenvalue weighted by molar-refractivity contribution is 0.353. The van der Waals surface area contributed by atoms with E-state index in [1.165, 1.54) is 0 Å². The zero-order valence-corrected chi connectivity index (χ0v) is 15.2. The summed E-state index contributed by atoms with van der Waals surface area (Å²) in [5.41, 5.74) is 1.06. The molecule has 0 aliphatic carbocycles. The van der Waals surface area contributed by atoms with Crippen molar-refractivity contribution in [2.24, 2.45) is 5.14 Å². The van der Waals surface area contributed by atoms with Crippen LogP contribution < -0.4 is 19.3 Å². The molecule has 8 nitrogen and oxygen atoms in total. The number of rotatable bonds is 10. The second kappa shape index (κ2) is 8.84. The van der Waals surface area contributed by atoms with Gasteiger partial charge in [-0.1, -0.05) is 6.07 Å². The average Bonchev–Trinajstić information content (AvgIpc) is 3.10. The molecule has 0 aliphatic heterocycles. The van der Waals surface area contributed by atoms with E-state index in [2.05, 4.69) is 9.71 Å². The van der Waals surface area contributed by atoms with E-state index in [1.54, 1.807) is 26.7 Å². The summed E-state index contributed by atoms with van der Waals surface area (Å²) in [6.45, 7) is 0.321. The van der Waals surface area contributed by atoms with Gasteiger partial charge in [-0.25, -0.2) is 14.8 Å². The van der Waals surface area contributed by atoms with E-state index in [1.807, 2.05) is 29.0 Å². The average molecular weight is 368 g/mol. The molecule has 1 aromatic carbocycles. The maximum Gasteiger partial charge on any atom is 0.274 e. The van der Waals surface area contributed by atoms with E-state index >= 15 is 0 Å². The van der Waals surface area contributed by atoms with E-state index in [-0.39, 0.29) is 6.04 Å². The first kappa shape index (κ1) is 19.2. The predicted octanol–water partition coefficient (Wildman–Crippen LogP) is 1.45. The molecule has 1 heterocycles. The van der Waals surface area contributed by atoms with Crippen LogP contribution in [0.2, 0.25) is 0 Å². The summed E-state index contributed by atoms with van der Waals surface area (Å²) in [6.07, 6.45) is 7.73. The van der Waals surface area contributed by atoms with Crippen molar-refractivity contribution in [3.63, 3.8) is 0 Å². The van der Waals surface area contributed by atoms with Gasteiger partial charge < -0.3 is 14.0 Å². The number of nitrogens with one attached hydrogen (secondary N) is 1. The molecule has 0 fully saturated rings. The van der Waals surface area contributed by atoms with Crippen LogP contribution in [0.3, 0.4) is 0 Å². The maximum atomic E-state index is 10.9. The Labute approximate surface area is 148 Å². The minimum Gasteiger partial charge on any atom is -0.493 e. The van der Waals surface area contributed by atoms with Crippen molar-refractivity contribution in [2.45, 2.75) is 25.3 Å². The van der Waals surface area contributed by atoms with Crippen molar-refractivity contribution in [3.05, 3.63) is 42.5 Å². The van der Waals surface area contributed by atoms with Gasteiger partial charge in [-0.3, -0.25) is 0 Å². The normalized spacial score (nSPS) is 12.8. The molecular weight excluding hydrogens is 344 g/mol. The predicted molar refractivity (Wildman–Crippen MR) is 94.9 cm³/mol. The molecule has 0 spiro atoms. The number of methoxy groups -OCH3 is 2. The van der Waals surface area contributed by atoms with Gasteiger partial charge in [0.2, 0.25) is 0 Å². The van der Waals surface area contributed by atoms with Gasteiger partial charge in [0.1, 0.15) is 0 Å². The first-order chi connectivity index (χ1) is 11.9. The summed E-state index contributed by atoms with van der Waals surface area (Å²) in [4.78, 5) is 4.12. The monoisotopic (exact) mass is 368 g/mol. The highest BCUT2D eigenvalue weighted by atomic mass is 32.2. The smallest absolute Gasteiger partial charge is 0.274 e. The summed E-state index contributed by atoms with van der Waals surface area (Å²) < 4.78 is 36.8. The molecule has 0 radical (unpaired) electrons. The maximum absolute atomic E-state index is 10.9. The second-order valence-corrected chi connectivity index (χ2v) is 6.95. The topological polar surface area (TPSA) is 108 Å². The molecule has 0 saturated heterocycles. The Kier molecular flexibility index (Phi) is 6.80. The zero-order valence-electron chi connectivity index (χ0n) is 14.4.